The quantitative estimate of drug-likeness (QED) is 0.945. The highest BCUT2D eigenvalue weighted by molar-refractivity contribution is 7.12. The molecule has 4 heteroatoms. The van der Waals surface area contributed by atoms with Gasteiger partial charge in [0, 0.05) is 24.6 Å². The third kappa shape index (κ3) is 2.87. The normalized spacial score (nSPS) is 19.7. The number of hydrogen-bond acceptors (Lipinski definition) is 3. The van der Waals surface area contributed by atoms with Crippen molar-refractivity contribution in [1.82, 2.24) is 4.90 Å². The summed E-state index contributed by atoms with van der Waals surface area (Å²) in [7, 11) is 0. The van der Waals surface area contributed by atoms with Crippen LogP contribution in [0.4, 0.5) is 0 Å². The molecule has 1 aromatic carbocycles. The first-order valence-corrected chi connectivity index (χ1v) is 8.15. The molecule has 1 aromatic heterocycles. The SMILES string of the molecule is CC(O)C1CCN(C(=O)c2sccc2-c2ccccc2)C1. The molecule has 1 saturated heterocycles. The molecule has 110 valence electrons. The molecule has 2 atom stereocenters. The van der Waals surface area contributed by atoms with E-state index in [9.17, 15) is 9.90 Å². The molecule has 0 spiro atoms. The van der Waals surface area contributed by atoms with E-state index in [1.807, 2.05) is 46.7 Å². The lowest BCUT2D eigenvalue weighted by Crippen LogP contribution is -2.30. The van der Waals surface area contributed by atoms with Crippen molar-refractivity contribution in [1.29, 1.82) is 0 Å². The zero-order chi connectivity index (χ0) is 14.8. The number of carbonyl (C=O) groups excluding carboxylic acids is 1. The zero-order valence-corrected chi connectivity index (χ0v) is 12.8. The summed E-state index contributed by atoms with van der Waals surface area (Å²) in [4.78, 5) is 15.4. The van der Waals surface area contributed by atoms with Crippen molar-refractivity contribution in [2.75, 3.05) is 13.1 Å². The van der Waals surface area contributed by atoms with Crippen molar-refractivity contribution in [2.45, 2.75) is 19.4 Å². The average Bonchev–Trinajstić information content (AvgIpc) is 3.17. The Morgan fingerprint density at radius 2 is 2.10 bits per heavy atom. The maximum atomic E-state index is 12.7. The number of aliphatic hydroxyl groups is 1. The Hall–Kier alpha value is -1.65. The molecule has 21 heavy (non-hydrogen) atoms. The molecule has 0 aliphatic carbocycles. The summed E-state index contributed by atoms with van der Waals surface area (Å²) in [5, 5.41) is 11.6. The summed E-state index contributed by atoms with van der Waals surface area (Å²) in [6.45, 7) is 3.20. The van der Waals surface area contributed by atoms with Crippen LogP contribution in [0.2, 0.25) is 0 Å². The molecular formula is C17H19NO2S. The van der Waals surface area contributed by atoms with Gasteiger partial charge in [-0.25, -0.2) is 0 Å². The van der Waals surface area contributed by atoms with Gasteiger partial charge in [0.05, 0.1) is 11.0 Å². The van der Waals surface area contributed by atoms with Gasteiger partial charge in [0.1, 0.15) is 0 Å². The van der Waals surface area contributed by atoms with E-state index in [1.165, 1.54) is 11.3 Å². The van der Waals surface area contributed by atoms with Gasteiger partial charge in [-0.2, -0.15) is 0 Å². The van der Waals surface area contributed by atoms with Crippen molar-refractivity contribution < 1.29 is 9.90 Å². The van der Waals surface area contributed by atoms with Gasteiger partial charge in [0.15, 0.2) is 0 Å². The fraction of sp³-hybridized carbons (Fsp3) is 0.353. The largest absolute Gasteiger partial charge is 0.393 e. The van der Waals surface area contributed by atoms with E-state index < -0.39 is 0 Å². The fourth-order valence-electron chi connectivity index (χ4n) is 2.83. The summed E-state index contributed by atoms with van der Waals surface area (Å²) in [5.74, 6) is 0.293. The Morgan fingerprint density at radius 3 is 2.76 bits per heavy atom. The minimum absolute atomic E-state index is 0.0898. The van der Waals surface area contributed by atoms with Gasteiger partial charge in [0.2, 0.25) is 0 Å². The number of carbonyl (C=O) groups is 1. The van der Waals surface area contributed by atoms with E-state index >= 15 is 0 Å². The van der Waals surface area contributed by atoms with E-state index in [2.05, 4.69) is 0 Å². The van der Waals surface area contributed by atoms with Crippen molar-refractivity contribution in [3.05, 3.63) is 46.7 Å². The second-order valence-electron chi connectivity index (χ2n) is 5.57. The fourth-order valence-corrected chi connectivity index (χ4v) is 3.71. The third-order valence-corrected chi connectivity index (χ3v) is 5.04. The Kier molecular flexibility index (Phi) is 4.08. The van der Waals surface area contributed by atoms with Gasteiger partial charge in [-0.05, 0) is 30.4 Å². The first kappa shape index (κ1) is 14.3. The summed E-state index contributed by atoms with van der Waals surface area (Å²) < 4.78 is 0. The van der Waals surface area contributed by atoms with Crippen LogP contribution in [-0.2, 0) is 0 Å². The number of benzene rings is 1. The molecule has 2 aromatic rings. The Bertz CT molecular complexity index is 621. The van der Waals surface area contributed by atoms with Crippen LogP contribution >= 0.6 is 11.3 Å². The predicted molar refractivity (Wildman–Crippen MR) is 85.4 cm³/mol. The van der Waals surface area contributed by atoms with Crippen LogP contribution in [0, 0.1) is 5.92 Å². The lowest BCUT2D eigenvalue weighted by Gasteiger charge is -2.18. The first-order valence-electron chi connectivity index (χ1n) is 7.27. The smallest absolute Gasteiger partial charge is 0.264 e. The standard InChI is InChI=1S/C17H19NO2S/c1-12(19)14-7-9-18(11-14)17(20)16-15(8-10-21-16)13-5-3-2-4-6-13/h2-6,8,10,12,14,19H,7,9,11H2,1H3. The highest BCUT2D eigenvalue weighted by Crippen LogP contribution is 2.31. The number of amides is 1. The predicted octanol–water partition coefficient (Wildman–Crippen LogP) is 3.26. The second kappa shape index (κ2) is 6.00. The molecule has 0 saturated carbocycles. The highest BCUT2D eigenvalue weighted by atomic mass is 32.1. The topological polar surface area (TPSA) is 40.5 Å². The Balaban J connectivity index is 1.82. The molecule has 2 unspecified atom stereocenters. The summed E-state index contributed by atoms with van der Waals surface area (Å²) in [6, 6.07) is 12.0. The van der Waals surface area contributed by atoms with Gasteiger partial charge >= 0.3 is 0 Å². The molecule has 3 rings (SSSR count). The summed E-state index contributed by atoms with van der Waals surface area (Å²) in [5.41, 5.74) is 2.08. The molecule has 2 heterocycles. The highest BCUT2D eigenvalue weighted by Gasteiger charge is 2.31. The van der Waals surface area contributed by atoms with E-state index in [4.69, 9.17) is 0 Å². The van der Waals surface area contributed by atoms with Gasteiger partial charge < -0.3 is 10.0 Å². The van der Waals surface area contributed by atoms with E-state index in [0.717, 1.165) is 29.0 Å². The zero-order valence-electron chi connectivity index (χ0n) is 12.0. The molecule has 0 bridgehead atoms. The Labute approximate surface area is 128 Å². The van der Waals surface area contributed by atoms with Gasteiger partial charge in [0.25, 0.3) is 5.91 Å². The van der Waals surface area contributed by atoms with Crippen LogP contribution in [-0.4, -0.2) is 35.1 Å². The van der Waals surface area contributed by atoms with Gasteiger partial charge in [-0.15, -0.1) is 11.3 Å². The van der Waals surface area contributed by atoms with Crippen LogP contribution < -0.4 is 0 Å². The number of nitrogens with zero attached hydrogens (tertiary/aromatic N) is 1. The van der Waals surface area contributed by atoms with Crippen LogP contribution in [0.3, 0.4) is 0 Å². The molecule has 1 aliphatic rings. The molecule has 1 aliphatic heterocycles. The lowest BCUT2D eigenvalue weighted by atomic mass is 10.0. The second-order valence-corrected chi connectivity index (χ2v) is 6.49. The van der Waals surface area contributed by atoms with E-state index in [1.54, 1.807) is 6.92 Å². The number of rotatable bonds is 3. The van der Waals surface area contributed by atoms with Crippen molar-refractivity contribution in [3.63, 3.8) is 0 Å². The molecular weight excluding hydrogens is 282 g/mol. The monoisotopic (exact) mass is 301 g/mol. The maximum absolute atomic E-state index is 12.7. The van der Waals surface area contributed by atoms with E-state index in [0.29, 0.717) is 6.54 Å². The summed E-state index contributed by atoms with van der Waals surface area (Å²) in [6.07, 6.45) is 0.537. The molecule has 1 N–H and O–H groups in total. The van der Waals surface area contributed by atoms with Crippen molar-refractivity contribution >= 4 is 17.2 Å². The minimum Gasteiger partial charge on any atom is -0.393 e. The third-order valence-electron chi connectivity index (χ3n) is 4.14. The van der Waals surface area contributed by atoms with Gasteiger partial charge in [-0.1, -0.05) is 30.3 Å². The minimum atomic E-state index is -0.347. The van der Waals surface area contributed by atoms with Gasteiger partial charge in [-0.3, -0.25) is 4.79 Å². The maximum Gasteiger partial charge on any atom is 0.264 e. The van der Waals surface area contributed by atoms with Crippen molar-refractivity contribution in [3.8, 4) is 11.1 Å². The molecule has 3 nitrogen and oxygen atoms in total. The number of likely N-dealkylation sites (tertiary alicyclic amines) is 1. The van der Waals surface area contributed by atoms with Crippen LogP contribution in [0.5, 0.6) is 0 Å². The molecule has 1 amide bonds. The molecule has 0 radical (unpaired) electrons. The Morgan fingerprint density at radius 1 is 1.33 bits per heavy atom. The van der Waals surface area contributed by atoms with Crippen LogP contribution in [0.15, 0.2) is 41.8 Å². The van der Waals surface area contributed by atoms with Crippen LogP contribution in [0.25, 0.3) is 11.1 Å². The number of aliphatic hydroxyl groups excluding tert-OH is 1. The summed E-state index contributed by atoms with van der Waals surface area (Å²) >= 11 is 1.50. The lowest BCUT2D eigenvalue weighted by molar-refractivity contribution is 0.0768. The van der Waals surface area contributed by atoms with Crippen LogP contribution in [0.1, 0.15) is 23.0 Å². The molecule has 1 fully saturated rings. The average molecular weight is 301 g/mol. The number of hydrogen-bond donors (Lipinski definition) is 1. The van der Waals surface area contributed by atoms with E-state index in [-0.39, 0.29) is 17.9 Å². The first-order chi connectivity index (χ1) is 10.2. The number of thiophene rings is 1. The van der Waals surface area contributed by atoms with Crippen molar-refractivity contribution in [2.24, 2.45) is 5.92 Å².